The Bertz CT molecular complexity index is 611. The quantitative estimate of drug-likeness (QED) is 0.736. The first-order chi connectivity index (χ1) is 12.9. The number of carbonyl (C=O) groups is 1. The van der Waals surface area contributed by atoms with Crippen LogP contribution in [0.5, 0.6) is 0 Å². The summed E-state index contributed by atoms with van der Waals surface area (Å²) in [6.07, 6.45) is 3.84. The van der Waals surface area contributed by atoms with Crippen molar-refractivity contribution in [1.29, 1.82) is 0 Å². The predicted octanol–water partition coefficient (Wildman–Crippen LogP) is 3.87. The van der Waals surface area contributed by atoms with Gasteiger partial charge in [-0.1, -0.05) is 37.6 Å². The molecule has 0 N–H and O–H groups in total. The molecule has 1 amide bonds. The first kappa shape index (κ1) is 20.6. The number of carbonyl (C=O) groups excluding carboxylic acids is 1. The van der Waals surface area contributed by atoms with E-state index in [1.54, 1.807) is 0 Å². The third-order valence-electron chi connectivity index (χ3n) is 5.72. The van der Waals surface area contributed by atoms with Gasteiger partial charge in [0.05, 0.1) is 13.2 Å². The van der Waals surface area contributed by atoms with E-state index < -0.39 is 0 Å². The van der Waals surface area contributed by atoms with Gasteiger partial charge in [0.25, 0.3) is 0 Å². The second-order valence-corrected chi connectivity index (χ2v) is 9.34. The molecule has 1 aromatic rings. The SMILES string of the molecule is CC(C)(CC(=O)N1CCC[C@H](CN2CCOCC2)C1)Cc1ccc(Cl)cc1. The molecule has 150 valence electrons. The molecule has 0 aliphatic carbocycles. The molecule has 0 spiro atoms. The molecule has 1 atom stereocenters. The number of hydrogen-bond donors (Lipinski definition) is 0. The molecule has 2 aliphatic heterocycles. The second-order valence-electron chi connectivity index (χ2n) is 8.91. The van der Waals surface area contributed by atoms with Gasteiger partial charge in [0.1, 0.15) is 0 Å². The Morgan fingerprint density at radius 2 is 1.89 bits per heavy atom. The van der Waals surface area contributed by atoms with E-state index >= 15 is 0 Å². The van der Waals surface area contributed by atoms with Gasteiger partial charge in [-0.3, -0.25) is 9.69 Å². The van der Waals surface area contributed by atoms with Gasteiger partial charge in [-0.2, -0.15) is 0 Å². The van der Waals surface area contributed by atoms with Crippen molar-refractivity contribution in [2.24, 2.45) is 11.3 Å². The highest BCUT2D eigenvalue weighted by atomic mass is 35.5. The Morgan fingerprint density at radius 1 is 1.19 bits per heavy atom. The lowest BCUT2D eigenvalue weighted by molar-refractivity contribution is -0.135. The summed E-state index contributed by atoms with van der Waals surface area (Å²) in [6.45, 7) is 11.0. The molecule has 5 heteroatoms. The number of likely N-dealkylation sites (tertiary alicyclic amines) is 1. The lowest BCUT2D eigenvalue weighted by Crippen LogP contribution is -2.46. The number of ether oxygens (including phenoxy) is 1. The van der Waals surface area contributed by atoms with Crippen LogP contribution in [0.25, 0.3) is 0 Å². The second kappa shape index (κ2) is 9.40. The van der Waals surface area contributed by atoms with Crippen LogP contribution >= 0.6 is 11.6 Å². The predicted molar refractivity (Wildman–Crippen MR) is 110 cm³/mol. The average Bonchev–Trinajstić information content (AvgIpc) is 2.64. The van der Waals surface area contributed by atoms with Gasteiger partial charge >= 0.3 is 0 Å². The van der Waals surface area contributed by atoms with E-state index in [1.807, 2.05) is 12.1 Å². The fraction of sp³-hybridized carbons (Fsp3) is 0.682. The Morgan fingerprint density at radius 3 is 2.59 bits per heavy atom. The van der Waals surface area contributed by atoms with E-state index in [1.165, 1.54) is 12.0 Å². The van der Waals surface area contributed by atoms with Crippen molar-refractivity contribution in [2.45, 2.75) is 39.5 Å². The number of morpholine rings is 1. The van der Waals surface area contributed by atoms with Gasteiger partial charge in [-0.15, -0.1) is 0 Å². The summed E-state index contributed by atoms with van der Waals surface area (Å²) in [6, 6.07) is 7.98. The molecule has 2 heterocycles. The molecule has 0 unspecified atom stereocenters. The number of piperidine rings is 1. The minimum atomic E-state index is -0.0535. The minimum absolute atomic E-state index is 0.0535. The van der Waals surface area contributed by atoms with Crippen LogP contribution in [-0.4, -0.2) is 61.6 Å². The Labute approximate surface area is 168 Å². The Kier molecular flexibility index (Phi) is 7.18. The number of hydrogen-bond acceptors (Lipinski definition) is 3. The van der Waals surface area contributed by atoms with Gasteiger partial charge in [0, 0.05) is 44.2 Å². The van der Waals surface area contributed by atoms with E-state index in [9.17, 15) is 4.79 Å². The van der Waals surface area contributed by atoms with E-state index in [2.05, 4.69) is 35.8 Å². The molecule has 2 aliphatic rings. The Balaban J connectivity index is 1.50. The number of nitrogens with zero attached hydrogens (tertiary/aromatic N) is 2. The zero-order chi connectivity index (χ0) is 19.3. The molecule has 4 nitrogen and oxygen atoms in total. The van der Waals surface area contributed by atoms with Gasteiger partial charge in [0.15, 0.2) is 0 Å². The lowest BCUT2D eigenvalue weighted by atomic mass is 9.82. The van der Waals surface area contributed by atoms with Crippen LogP contribution in [0, 0.1) is 11.3 Å². The van der Waals surface area contributed by atoms with Crippen molar-refractivity contribution in [3.05, 3.63) is 34.9 Å². The van der Waals surface area contributed by atoms with Gasteiger partial charge in [-0.05, 0) is 48.3 Å². The van der Waals surface area contributed by atoms with Crippen LogP contribution in [0.1, 0.15) is 38.7 Å². The standard InChI is InChI=1S/C22H33ClN2O2/c1-22(2,14-18-5-7-20(23)8-6-18)15-21(26)25-9-3-4-19(17-25)16-24-10-12-27-13-11-24/h5-8,19H,3-4,9-17H2,1-2H3/t19-/m1/s1. The average molecular weight is 393 g/mol. The van der Waals surface area contributed by atoms with Crippen molar-refractivity contribution in [2.75, 3.05) is 45.9 Å². The van der Waals surface area contributed by atoms with Crippen LogP contribution in [0.2, 0.25) is 5.02 Å². The van der Waals surface area contributed by atoms with Crippen molar-refractivity contribution in [1.82, 2.24) is 9.80 Å². The summed E-state index contributed by atoms with van der Waals surface area (Å²) in [4.78, 5) is 17.6. The highest BCUT2D eigenvalue weighted by molar-refractivity contribution is 6.30. The molecule has 0 aromatic heterocycles. The smallest absolute Gasteiger partial charge is 0.223 e. The van der Waals surface area contributed by atoms with Crippen molar-refractivity contribution < 1.29 is 9.53 Å². The Hall–Kier alpha value is -1.10. The lowest BCUT2D eigenvalue weighted by Gasteiger charge is -2.38. The van der Waals surface area contributed by atoms with Crippen molar-refractivity contribution >= 4 is 17.5 Å². The third kappa shape index (κ3) is 6.48. The highest BCUT2D eigenvalue weighted by Crippen LogP contribution is 2.29. The summed E-state index contributed by atoms with van der Waals surface area (Å²) in [5, 5.41) is 0.757. The van der Waals surface area contributed by atoms with Gasteiger partial charge < -0.3 is 9.64 Å². The first-order valence-electron chi connectivity index (χ1n) is 10.2. The summed E-state index contributed by atoms with van der Waals surface area (Å²) >= 11 is 5.98. The van der Waals surface area contributed by atoms with Crippen LogP contribution < -0.4 is 0 Å². The van der Waals surface area contributed by atoms with Crippen LogP contribution in [0.4, 0.5) is 0 Å². The third-order valence-corrected chi connectivity index (χ3v) is 5.97. The fourth-order valence-corrected chi connectivity index (χ4v) is 4.45. The molecule has 27 heavy (non-hydrogen) atoms. The zero-order valence-corrected chi connectivity index (χ0v) is 17.5. The van der Waals surface area contributed by atoms with Crippen LogP contribution in [0.3, 0.4) is 0 Å². The molecule has 0 bridgehead atoms. The molecule has 2 fully saturated rings. The molecule has 0 radical (unpaired) electrons. The summed E-state index contributed by atoms with van der Waals surface area (Å²) in [5.74, 6) is 0.904. The van der Waals surface area contributed by atoms with Crippen molar-refractivity contribution in [3.63, 3.8) is 0 Å². The molecule has 1 aromatic carbocycles. The topological polar surface area (TPSA) is 32.8 Å². The summed E-state index contributed by atoms with van der Waals surface area (Å²) in [7, 11) is 0. The van der Waals surface area contributed by atoms with Crippen molar-refractivity contribution in [3.8, 4) is 0 Å². The van der Waals surface area contributed by atoms with Crippen LogP contribution in [0.15, 0.2) is 24.3 Å². The van der Waals surface area contributed by atoms with E-state index in [-0.39, 0.29) is 5.41 Å². The van der Waals surface area contributed by atoms with E-state index in [0.29, 0.717) is 18.2 Å². The van der Waals surface area contributed by atoms with Crippen LogP contribution in [-0.2, 0) is 16.0 Å². The number of rotatable bonds is 6. The zero-order valence-electron chi connectivity index (χ0n) is 16.8. The molecule has 2 saturated heterocycles. The maximum Gasteiger partial charge on any atom is 0.223 e. The largest absolute Gasteiger partial charge is 0.379 e. The maximum atomic E-state index is 13.0. The summed E-state index contributed by atoms with van der Waals surface area (Å²) < 4.78 is 5.44. The fourth-order valence-electron chi connectivity index (χ4n) is 4.33. The molecule has 0 saturated carbocycles. The number of halogens is 1. The monoisotopic (exact) mass is 392 g/mol. The van der Waals surface area contributed by atoms with E-state index in [4.69, 9.17) is 16.3 Å². The van der Waals surface area contributed by atoms with E-state index in [0.717, 1.165) is 63.8 Å². The molecular formula is C22H33ClN2O2. The summed E-state index contributed by atoms with van der Waals surface area (Å²) in [5.41, 5.74) is 1.18. The minimum Gasteiger partial charge on any atom is -0.379 e. The van der Waals surface area contributed by atoms with Gasteiger partial charge in [0.2, 0.25) is 5.91 Å². The highest BCUT2D eigenvalue weighted by Gasteiger charge is 2.29. The molecule has 3 rings (SSSR count). The number of amides is 1. The van der Waals surface area contributed by atoms with Gasteiger partial charge in [-0.25, -0.2) is 0 Å². The normalized spacial score (nSPS) is 22.0. The number of benzene rings is 1. The molecular weight excluding hydrogens is 360 g/mol. The first-order valence-corrected chi connectivity index (χ1v) is 10.6. The maximum absolute atomic E-state index is 13.0.